The van der Waals surface area contributed by atoms with E-state index in [1.54, 1.807) is 12.1 Å². The third-order valence-electron chi connectivity index (χ3n) is 4.31. The van der Waals surface area contributed by atoms with Crippen LogP contribution < -0.4 is 0 Å². The molecule has 1 aromatic carbocycles. The van der Waals surface area contributed by atoms with Crippen LogP contribution in [-0.2, 0) is 16.4 Å². The van der Waals surface area contributed by atoms with Crippen molar-refractivity contribution >= 4 is 9.84 Å². The number of H-pyrrole nitrogens is 1. The molecule has 0 saturated carbocycles. The van der Waals surface area contributed by atoms with Crippen molar-refractivity contribution in [1.29, 1.82) is 0 Å². The Morgan fingerprint density at radius 1 is 1.32 bits per heavy atom. The molecule has 22 heavy (non-hydrogen) atoms. The number of nitrogens with zero attached hydrogens (tertiary/aromatic N) is 2. The number of aromatic amines is 1. The lowest BCUT2D eigenvalue weighted by Crippen LogP contribution is -2.20. The molecule has 1 atom stereocenters. The number of hydrogen-bond acceptors (Lipinski definition) is 4. The van der Waals surface area contributed by atoms with Gasteiger partial charge in [0.25, 0.3) is 0 Å². The first kappa shape index (κ1) is 15.2. The van der Waals surface area contributed by atoms with Crippen LogP contribution in [0.4, 0.5) is 0 Å². The number of sulfone groups is 1. The second-order valence-electron chi connectivity index (χ2n) is 6.10. The molecule has 1 fully saturated rings. The normalized spacial score (nSPS) is 19.6. The highest BCUT2D eigenvalue weighted by Gasteiger charge is 2.26. The molecule has 1 N–H and O–H groups in total. The molecule has 1 saturated heterocycles. The Labute approximate surface area is 131 Å². The smallest absolute Gasteiger partial charge is 0.175 e. The summed E-state index contributed by atoms with van der Waals surface area (Å²) in [5.41, 5.74) is 3.62. The van der Waals surface area contributed by atoms with E-state index in [2.05, 4.69) is 22.0 Å². The number of nitrogens with one attached hydrogen (secondary N) is 1. The van der Waals surface area contributed by atoms with Gasteiger partial charge in [-0.1, -0.05) is 12.1 Å². The third-order valence-corrected chi connectivity index (χ3v) is 5.43. The molecule has 2 aromatic rings. The van der Waals surface area contributed by atoms with Crippen molar-refractivity contribution in [3.8, 4) is 0 Å². The monoisotopic (exact) mass is 319 g/mol. The first-order chi connectivity index (χ1) is 10.4. The van der Waals surface area contributed by atoms with E-state index < -0.39 is 9.84 Å². The van der Waals surface area contributed by atoms with Crippen LogP contribution >= 0.6 is 0 Å². The zero-order chi connectivity index (χ0) is 15.7. The fourth-order valence-corrected chi connectivity index (χ4v) is 3.71. The van der Waals surface area contributed by atoms with E-state index in [-0.39, 0.29) is 0 Å². The highest BCUT2D eigenvalue weighted by molar-refractivity contribution is 7.90. The van der Waals surface area contributed by atoms with Crippen LogP contribution in [-0.4, -0.2) is 42.9 Å². The summed E-state index contributed by atoms with van der Waals surface area (Å²) in [5, 5.41) is 7.22. The molecular formula is C16H21N3O2S. The molecule has 5 nitrogen and oxygen atoms in total. The van der Waals surface area contributed by atoms with Crippen molar-refractivity contribution in [3.05, 3.63) is 47.3 Å². The minimum Gasteiger partial charge on any atom is -0.298 e. The topological polar surface area (TPSA) is 66.1 Å². The van der Waals surface area contributed by atoms with E-state index in [1.165, 1.54) is 17.5 Å². The molecule has 2 heterocycles. The predicted molar refractivity (Wildman–Crippen MR) is 85.5 cm³/mol. The summed E-state index contributed by atoms with van der Waals surface area (Å²) in [6, 6.07) is 7.20. The van der Waals surface area contributed by atoms with Gasteiger partial charge in [-0.15, -0.1) is 0 Å². The standard InChI is InChI=1S/C16H21N3O2S/c1-12-9-17-18-16(12)14-7-8-19(11-14)10-13-3-5-15(6-4-13)22(2,20)21/h3-6,9,14H,7-8,10-11H2,1-2H3,(H,17,18)/t14-/m0/s1. The maximum Gasteiger partial charge on any atom is 0.175 e. The minimum absolute atomic E-state index is 0.378. The van der Waals surface area contributed by atoms with Crippen molar-refractivity contribution in [2.75, 3.05) is 19.3 Å². The van der Waals surface area contributed by atoms with Gasteiger partial charge in [0.15, 0.2) is 9.84 Å². The number of aryl methyl sites for hydroxylation is 1. The van der Waals surface area contributed by atoms with E-state index in [4.69, 9.17) is 0 Å². The van der Waals surface area contributed by atoms with Gasteiger partial charge in [0.2, 0.25) is 0 Å². The molecular weight excluding hydrogens is 298 g/mol. The van der Waals surface area contributed by atoms with E-state index in [1.807, 2.05) is 18.3 Å². The summed E-state index contributed by atoms with van der Waals surface area (Å²) in [6.07, 6.45) is 4.24. The lowest BCUT2D eigenvalue weighted by Gasteiger charge is -2.16. The summed E-state index contributed by atoms with van der Waals surface area (Å²) < 4.78 is 23.0. The molecule has 3 rings (SSSR count). The molecule has 1 aliphatic rings. The van der Waals surface area contributed by atoms with Gasteiger partial charge >= 0.3 is 0 Å². The Bertz CT molecular complexity index is 750. The molecule has 0 aliphatic carbocycles. The van der Waals surface area contributed by atoms with Crippen molar-refractivity contribution < 1.29 is 8.42 Å². The number of hydrogen-bond donors (Lipinski definition) is 1. The van der Waals surface area contributed by atoms with E-state index in [0.29, 0.717) is 10.8 Å². The summed E-state index contributed by atoms with van der Waals surface area (Å²) in [4.78, 5) is 2.78. The first-order valence-corrected chi connectivity index (χ1v) is 9.34. The van der Waals surface area contributed by atoms with Gasteiger partial charge in [-0.05, 0) is 43.1 Å². The maximum atomic E-state index is 11.5. The van der Waals surface area contributed by atoms with Crippen LogP contribution in [0.3, 0.4) is 0 Å². The molecule has 6 heteroatoms. The number of rotatable bonds is 4. The first-order valence-electron chi connectivity index (χ1n) is 7.44. The average molecular weight is 319 g/mol. The van der Waals surface area contributed by atoms with Gasteiger partial charge in [-0.25, -0.2) is 8.42 Å². The van der Waals surface area contributed by atoms with Crippen LogP contribution in [0.1, 0.15) is 29.2 Å². The minimum atomic E-state index is -3.11. The van der Waals surface area contributed by atoms with Crippen LogP contribution in [0.25, 0.3) is 0 Å². The van der Waals surface area contributed by atoms with E-state index in [0.717, 1.165) is 31.6 Å². The van der Waals surface area contributed by atoms with Crippen LogP contribution in [0.2, 0.25) is 0 Å². The second kappa shape index (κ2) is 5.85. The van der Waals surface area contributed by atoms with Gasteiger partial charge in [-0.2, -0.15) is 5.10 Å². The Morgan fingerprint density at radius 3 is 2.64 bits per heavy atom. The molecule has 1 aromatic heterocycles. The van der Waals surface area contributed by atoms with Gasteiger partial charge in [0.1, 0.15) is 0 Å². The Kier molecular flexibility index (Phi) is 4.06. The van der Waals surface area contributed by atoms with E-state index >= 15 is 0 Å². The van der Waals surface area contributed by atoms with Crippen LogP contribution in [0.5, 0.6) is 0 Å². The van der Waals surface area contributed by atoms with Gasteiger partial charge in [-0.3, -0.25) is 10.00 Å². The molecule has 0 radical (unpaired) electrons. The second-order valence-corrected chi connectivity index (χ2v) is 8.12. The van der Waals surface area contributed by atoms with Crippen molar-refractivity contribution in [2.45, 2.75) is 30.7 Å². The van der Waals surface area contributed by atoms with Crippen molar-refractivity contribution in [3.63, 3.8) is 0 Å². The quantitative estimate of drug-likeness (QED) is 0.937. The highest BCUT2D eigenvalue weighted by atomic mass is 32.2. The van der Waals surface area contributed by atoms with Gasteiger partial charge < -0.3 is 0 Å². The van der Waals surface area contributed by atoms with Crippen molar-refractivity contribution in [1.82, 2.24) is 15.1 Å². The molecule has 0 unspecified atom stereocenters. The molecule has 0 bridgehead atoms. The lowest BCUT2D eigenvalue weighted by atomic mass is 10.0. The summed E-state index contributed by atoms with van der Waals surface area (Å²) in [7, 11) is -3.11. The average Bonchev–Trinajstić information content (AvgIpc) is 3.07. The highest BCUT2D eigenvalue weighted by Crippen LogP contribution is 2.28. The largest absolute Gasteiger partial charge is 0.298 e. The Hall–Kier alpha value is -1.66. The number of aromatic nitrogens is 2. The van der Waals surface area contributed by atoms with Crippen LogP contribution in [0.15, 0.2) is 35.4 Å². The summed E-state index contributed by atoms with van der Waals surface area (Å²) in [5.74, 6) is 0.512. The van der Waals surface area contributed by atoms with Crippen LogP contribution in [0, 0.1) is 6.92 Å². The zero-order valence-corrected chi connectivity index (χ0v) is 13.7. The lowest BCUT2D eigenvalue weighted by molar-refractivity contribution is 0.326. The fraction of sp³-hybridized carbons (Fsp3) is 0.438. The SMILES string of the molecule is Cc1cn[nH]c1[C@H]1CCN(Cc2ccc(S(C)(=O)=O)cc2)C1. The number of likely N-dealkylation sites (tertiary alicyclic amines) is 1. The van der Waals surface area contributed by atoms with E-state index in [9.17, 15) is 8.42 Å². The predicted octanol–water partition coefficient (Wildman–Crippen LogP) is 2.11. The molecule has 1 aliphatic heterocycles. The third kappa shape index (κ3) is 3.23. The Balaban J connectivity index is 1.64. The zero-order valence-electron chi connectivity index (χ0n) is 12.9. The summed E-state index contributed by atoms with van der Waals surface area (Å²) in [6.45, 7) is 5.01. The van der Waals surface area contributed by atoms with Gasteiger partial charge in [0, 0.05) is 31.0 Å². The molecule has 118 valence electrons. The Morgan fingerprint density at radius 2 is 2.05 bits per heavy atom. The fourth-order valence-electron chi connectivity index (χ4n) is 3.08. The number of benzene rings is 1. The van der Waals surface area contributed by atoms with Gasteiger partial charge in [0.05, 0.1) is 11.1 Å². The van der Waals surface area contributed by atoms with Crippen molar-refractivity contribution in [2.24, 2.45) is 0 Å². The molecule has 0 amide bonds. The molecule has 0 spiro atoms. The maximum absolute atomic E-state index is 11.5. The summed E-state index contributed by atoms with van der Waals surface area (Å²) >= 11 is 0.